The summed E-state index contributed by atoms with van der Waals surface area (Å²) in [6.45, 7) is 4.44. The van der Waals surface area contributed by atoms with Gasteiger partial charge in [-0.3, -0.25) is 0 Å². The molecule has 0 aromatic heterocycles. The van der Waals surface area contributed by atoms with Gasteiger partial charge in [-0.25, -0.2) is 0 Å². The Kier molecular flexibility index (Phi) is 2.36. The number of rotatable bonds is 1. The van der Waals surface area contributed by atoms with Crippen molar-refractivity contribution in [2.75, 3.05) is 37.0 Å². The highest BCUT2D eigenvalue weighted by Gasteiger charge is 2.16. The minimum atomic E-state index is 1.12. The van der Waals surface area contributed by atoms with Gasteiger partial charge < -0.3 is 9.80 Å². The zero-order chi connectivity index (χ0) is 10.1. The van der Waals surface area contributed by atoms with E-state index >= 15 is 0 Å². The topological polar surface area (TPSA) is 6.48 Å². The van der Waals surface area contributed by atoms with Crippen molar-refractivity contribution in [3.05, 3.63) is 23.8 Å². The third-order valence-electron chi connectivity index (χ3n) is 3.04. The van der Waals surface area contributed by atoms with Crippen molar-refractivity contribution in [1.29, 1.82) is 0 Å². The quantitative estimate of drug-likeness (QED) is 0.669. The van der Waals surface area contributed by atoms with Crippen LogP contribution in [0.5, 0.6) is 0 Å². The number of anilines is 2. The van der Waals surface area contributed by atoms with Crippen LogP contribution in [-0.4, -0.2) is 27.2 Å². The molecule has 1 aliphatic rings. The van der Waals surface area contributed by atoms with Crippen molar-refractivity contribution in [3.8, 4) is 0 Å². The molecule has 0 amide bonds. The van der Waals surface area contributed by atoms with E-state index in [-0.39, 0.29) is 0 Å². The zero-order valence-electron chi connectivity index (χ0n) is 9.25. The van der Waals surface area contributed by atoms with Crippen LogP contribution < -0.4 is 9.80 Å². The Bertz CT molecular complexity index is 333. The molecule has 76 valence electrons. The first-order chi connectivity index (χ1) is 6.72. The fourth-order valence-electron chi connectivity index (χ4n) is 1.96. The van der Waals surface area contributed by atoms with Gasteiger partial charge in [-0.2, -0.15) is 0 Å². The lowest BCUT2D eigenvalue weighted by molar-refractivity contribution is 0.796. The maximum atomic E-state index is 2.34. The molecule has 0 saturated heterocycles. The molecule has 1 heterocycles. The molecule has 0 unspecified atom stereocenters. The van der Waals surface area contributed by atoms with E-state index < -0.39 is 0 Å². The van der Waals surface area contributed by atoms with Gasteiger partial charge in [-0.15, -0.1) is 0 Å². The van der Waals surface area contributed by atoms with E-state index in [4.69, 9.17) is 0 Å². The summed E-state index contributed by atoms with van der Waals surface area (Å²) in [5.41, 5.74) is 4.15. The monoisotopic (exact) mass is 190 g/mol. The lowest BCUT2D eigenvalue weighted by Gasteiger charge is -2.35. The Morgan fingerprint density at radius 3 is 2.36 bits per heavy atom. The summed E-state index contributed by atoms with van der Waals surface area (Å²) < 4.78 is 0. The molecule has 2 nitrogen and oxygen atoms in total. The fourth-order valence-corrected chi connectivity index (χ4v) is 1.96. The van der Waals surface area contributed by atoms with Crippen LogP contribution in [0.1, 0.15) is 12.5 Å². The zero-order valence-corrected chi connectivity index (χ0v) is 9.25. The number of aryl methyl sites for hydroxylation is 1. The van der Waals surface area contributed by atoms with Crippen LogP contribution in [0, 0.1) is 0 Å². The van der Waals surface area contributed by atoms with E-state index in [2.05, 4.69) is 49.0 Å². The van der Waals surface area contributed by atoms with E-state index in [1.807, 2.05) is 0 Å². The lowest BCUT2D eigenvalue weighted by atomic mass is 10.1. The van der Waals surface area contributed by atoms with Crippen molar-refractivity contribution < 1.29 is 0 Å². The summed E-state index contributed by atoms with van der Waals surface area (Å²) in [5.74, 6) is 0. The highest BCUT2D eigenvalue weighted by Crippen LogP contribution is 2.32. The van der Waals surface area contributed by atoms with E-state index in [0.717, 1.165) is 19.5 Å². The van der Waals surface area contributed by atoms with Crippen molar-refractivity contribution in [2.45, 2.75) is 13.3 Å². The number of hydrogen-bond donors (Lipinski definition) is 0. The number of likely N-dealkylation sites (N-methyl/N-ethyl adjacent to an activating group) is 2. The van der Waals surface area contributed by atoms with Crippen LogP contribution in [0.15, 0.2) is 18.2 Å². The molecule has 0 radical (unpaired) electrons. The highest BCUT2D eigenvalue weighted by atomic mass is 15.2. The highest BCUT2D eigenvalue weighted by molar-refractivity contribution is 5.73. The van der Waals surface area contributed by atoms with Crippen LogP contribution in [0.4, 0.5) is 11.4 Å². The SMILES string of the molecule is CCc1ccc2c(c1)N(C)CCN2C. The molecular weight excluding hydrogens is 172 g/mol. The average Bonchev–Trinajstić information content (AvgIpc) is 2.23. The maximum Gasteiger partial charge on any atom is 0.0604 e. The first-order valence-corrected chi connectivity index (χ1v) is 5.27. The Labute approximate surface area is 86.1 Å². The van der Waals surface area contributed by atoms with Gasteiger partial charge in [-0.05, 0) is 24.1 Å². The molecule has 0 N–H and O–H groups in total. The Hall–Kier alpha value is -1.18. The first kappa shape index (κ1) is 9.38. The summed E-state index contributed by atoms with van der Waals surface area (Å²) in [5, 5.41) is 0. The third kappa shape index (κ3) is 1.45. The number of nitrogens with zero attached hydrogens (tertiary/aromatic N) is 2. The Morgan fingerprint density at radius 2 is 1.71 bits per heavy atom. The molecule has 14 heavy (non-hydrogen) atoms. The second kappa shape index (κ2) is 3.52. The second-order valence-electron chi connectivity index (χ2n) is 4.02. The molecule has 1 aromatic rings. The van der Waals surface area contributed by atoms with Crippen molar-refractivity contribution in [3.63, 3.8) is 0 Å². The molecule has 0 fully saturated rings. The van der Waals surface area contributed by atoms with E-state index in [0.29, 0.717) is 0 Å². The molecule has 0 spiro atoms. The number of hydrogen-bond acceptors (Lipinski definition) is 2. The second-order valence-corrected chi connectivity index (χ2v) is 4.02. The predicted molar refractivity (Wildman–Crippen MR) is 62.4 cm³/mol. The largest absolute Gasteiger partial charge is 0.371 e. The normalized spacial score (nSPS) is 15.6. The molecular formula is C12H18N2. The van der Waals surface area contributed by atoms with Crippen LogP contribution in [0.25, 0.3) is 0 Å². The van der Waals surface area contributed by atoms with Gasteiger partial charge in [0.25, 0.3) is 0 Å². The summed E-state index contributed by atoms with van der Waals surface area (Å²) >= 11 is 0. The summed E-state index contributed by atoms with van der Waals surface area (Å²) in [6, 6.07) is 6.78. The lowest BCUT2D eigenvalue weighted by Crippen LogP contribution is -2.36. The predicted octanol–water partition coefficient (Wildman–Crippen LogP) is 2.13. The van der Waals surface area contributed by atoms with Crippen LogP contribution >= 0.6 is 0 Å². The van der Waals surface area contributed by atoms with Crippen LogP contribution in [-0.2, 0) is 6.42 Å². The summed E-state index contributed by atoms with van der Waals surface area (Å²) in [6.07, 6.45) is 1.12. The van der Waals surface area contributed by atoms with Gasteiger partial charge in [0.2, 0.25) is 0 Å². The Morgan fingerprint density at radius 1 is 1.07 bits per heavy atom. The van der Waals surface area contributed by atoms with E-state index in [9.17, 15) is 0 Å². The third-order valence-corrected chi connectivity index (χ3v) is 3.04. The average molecular weight is 190 g/mol. The molecule has 1 aromatic carbocycles. The first-order valence-electron chi connectivity index (χ1n) is 5.27. The van der Waals surface area contributed by atoms with Gasteiger partial charge in [0.05, 0.1) is 11.4 Å². The maximum absolute atomic E-state index is 2.34. The Balaban J connectivity index is 2.45. The van der Waals surface area contributed by atoms with E-state index in [1.165, 1.54) is 16.9 Å². The molecule has 0 atom stereocenters. The molecule has 2 heteroatoms. The van der Waals surface area contributed by atoms with Crippen molar-refractivity contribution >= 4 is 11.4 Å². The number of benzene rings is 1. The minimum Gasteiger partial charge on any atom is -0.371 e. The van der Waals surface area contributed by atoms with Gasteiger partial charge in [0, 0.05) is 27.2 Å². The molecule has 1 aliphatic heterocycles. The van der Waals surface area contributed by atoms with Gasteiger partial charge in [0.1, 0.15) is 0 Å². The summed E-state index contributed by atoms with van der Waals surface area (Å²) in [4.78, 5) is 4.67. The number of fused-ring (bicyclic) bond motifs is 1. The van der Waals surface area contributed by atoms with Gasteiger partial charge >= 0.3 is 0 Å². The standard InChI is InChI=1S/C12H18N2/c1-4-10-5-6-11-12(9-10)14(3)8-7-13(11)2/h5-6,9H,4,7-8H2,1-3H3. The molecule has 2 rings (SSSR count). The minimum absolute atomic E-state index is 1.12. The van der Waals surface area contributed by atoms with Gasteiger partial charge in [0.15, 0.2) is 0 Å². The molecule has 0 aliphatic carbocycles. The van der Waals surface area contributed by atoms with Crippen molar-refractivity contribution in [1.82, 2.24) is 0 Å². The van der Waals surface area contributed by atoms with E-state index in [1.54, 1.807) is 0 Å². The molecule has 0 saturated carbocycles. The van der Waals surface area contributed by atoms with Crippen molar-refractivity contribution in [2.24, 2.45) is 0 Å². The van der Waals surface area contributed by atoms with Gasteiger partial charge in [-0.1, -0.05) is 13.0 Å². The summed E-state index contributed by atoms with van der Waals surface area (Å²) in [7, 11) is 4.34. The van der Waals surface area contributed by atoms with Crippen LogP contribution in [0.3, 0.4) is 0 Å². The molecule has 0 bridgehead atoms. The fraction of sp³-hybridized carbons (Fsp3) is 0.500. The smallest absolute Gasteiger partial charge is 0.0604 e. The van der Waals surface area contributed by atoms with Crippen LogP contribution in [0.2, 0.25) is 0 Å².